The standard InChI is InChI=1S/C20H31N5.HI/c1-15(2)25(17-8-9-17)13-12-23-20(21-3)22-11-10-16-14-24-19-7-5-4-6-18(16)19;/h4-7,14-15,17,24H,8-13H2,1-3H3,(H2,21,22,23);1H. The number of hydrogen-bond acceptors (Lipinski definition) is 2. The minimum atomic E-state index is 0. The van der Waals surface area contributed by atoms with Crippen molar-refractivity contribution >= 4 is 40.8 Å². The number of halogens is 1. The van der Waals surface area contributed by atoms with Gasteiger partial charge in [-0.1, -0.05) is 18.2 Å². The van der Waals surface area contributed by atoms with Gasteiger partial charge in [-0.2, -0.15) is 0 Å². The molecule has 1 aromatic carbocycles. The molecular formula is C20H32IN5. The van der Waals surface area contributed by atoms with Crippen molar-refractivity contribution < 1.29 is 0 Å². The highest BCUT2D eigenvalue weighted by molar-refractivity contribution is 14.0. The summed E-state index contributed by atoms with van der Waals surface area (Å²) in [6.07, 6.45) is 5.80. The van der Waals surface area contributed by atoms with Crippen molar-refractivity contribution in [3.63, 3.8) is 0 Å². The van der Waals surface area contributed by atoms with Crippen molar-refractivity contribution in [3.05, 3.63) is 36.0 Å². The van der Waals surface area contributed by atoms with E-state index in [0.717, 1.165) is 38.1 Å². The number of aliphatic imine (C=N–C) groups is 1. The number of rotatable bonds is 8. The number of nitrogens with one attached hydrogen (secondary N) is 3. The third kappa shape index (κ3) is 5.61. The highest BCUT2D eigenvalue weighted by Gasteiger charge is 2.30. The summed E-state index contributed by atoms with van der Waals surface area (Å²) >= 11 is 0. The number of guanidine groups is 1. The molecule has 1 aliphatic rings. The van der Waals surface area contributed by atoms with Gasteiger partial charge in [0.1, 0.15) is 0 Å². The Morgan fingerprint density at radius 1 is 1.23 bits per heavy atom. The van der Waals surface area contributed by atoms with Crippen LogP contribution in [0.2, 0.25) is 0 Å². The molecule has 1 fully saturated rings. The Hall–Kier alpha value is -1.28. The van der Waals surface area contributed by atoms with Crippen LogP contribution in [0, 0.1) is 0 Å². The molecule has 5 nitrogen and oxygen atoms in total. The van der Waals surface area contributed by atoms with Crippen molar-refractivity contribution in [1.29, 1.82) is 0 Å². The molecule has 0 radical (unpaired) electrons. The van der Waals surface area contributed by atoms with Gasteiger partial charge in [-0.25, -0.2) is 0 Å². The molecule has 0 spiro atoms. The van der Waals surface area contributed by atoms with Crippen LogP contribution in [0.4, 0.5) is 0 Å². The molecule has 6 heteroatoms. The summed E-state index contributed by atoms with van der Waals surface area (Å²) < 4.78 is 0. The van der Waals surface area contributed by atoms with Gasteiger partial charge in [-0.3, -0.25) is 9.89 Å². The molecule has 26 heavy (non-hydrogen) atoms. The van der Waals surface area contributed by atoms with Gasteiger partial charge >= 0.3 is 0 Å². The maximum absolute atomic E-state index is 4.34. The van der Waals surface area contributed by atoms with Crippen molar-refractivity contribution in [2.24, 2.45) is 4.99 Å². The summed E-state index contributed by atoms with van der Waals surface area (Å²) in [5, 5.41) is 8.18. The minimum Gasteiger partial charge on any atom is -0.361 e. The lowest BCUT2D eigenvalue weighted by atomic mass is 10.1. The van der Waals surface area contributed by atoms with Crippen LogP contribution < -0.4 is 10.6 Å². The number of hydrogen-bond donors (Lipinski definition) is 3. The predicted molar refractivity (Wildman–Crippen MR) is 122 cm³/mol. The molecule has 144 valence electrons. The lowest BCUT2D eigenvalue weighted by Crippen LogP contribution is -2.44. The first-order chi connectivity index (χ1) is 12.2. The van der Waals surface area contributed by atoms with Crippen LogP contribution in [0.1, 0.15) is 32.3 Å². The fourth-order valence-corrected chi connectivity index (χ4v) is 3.45. The Labute approximate surface area is 174 Å². The summed E-state index contributed by atoms with van der Waals surface area (Å²) in [5.74, 6) is 0.888. The van der Waals surface area contributed by atoms with Gasteiger partial charge in [0.05, 0.1) is 0 Å². The molecule has 1 aliphatic carbocycles. The molecule has 0 unspecified atom stereocenters. The fourth-order valence-electron chi connectivity index (χ4n) is 3.45. The number of para-hydroxylation sites is 1. The third-order valence-electron chi connectivity index (χ3n) is 4.93. The zero-order valence-electron chi connectivity index (χ0n) is 16.1. The van der Waals surface area contributed by atoms with Crippen molar-refractivity contribution in [2.45, 2.75) is 45.2 Å². The van der Waals surface area contributed by atoms with Crippen LogP contribution in [-0.4, -0.2) is 54.6 Å². The first-order valence-corrected chi connectivity index (χ1v) is 9.44. The second kappa shape index (κ2) is 10.2. The molecule has 0 saturated heterocycles. The molecule has 1 saturated carbocycles. The zero-order valence-corrected chi connectivity index (χ0v) is 18.4. The smallest absolute Gasteiger partial charge is 0.191 e. The second-order valence-corrected chi connectivity index (χ2v) is 7.10. The van der Waals surface area contributed by atoms with Crippen LogP contribution >= 0.6 is 24.0 Å². The van der Waals surface area contributed by atoms with E-state index in [0.29, 0.717) is 6.04 Å². The van der Waals surface area contributed by atoms with Crippen molar-refractivity contribution in [3.8, 4) is 0 Å². The van der Waals surface area contributed by atoms with E-state index in [9.17, 15) is 0 Å². The van der Waals surface area contributed by atoms with Gasteiger partial charge in [0.2, 0.25) is 0 Å². The van der Waals surface area contributed by atoms with E-state index in [1.165, 1.54) is 29.3 Å². The number of H-pyrrole nitrogens is 1. The molecule has 3 rings (SSSR count). The monoisotopic (exact) mass is 469 g/mol. The molecule has 0 atom stereocenters. The molecule has 0 aliphatic heterocycles. The Balaban J connectivity index is 0.00000243. The maximum Gasteiger partial charge on any atom is 0.191 e. The number of aromatic nitrogens is 1. The van der Waals surface area contributed by atoms with E-state index >= 15 is 0 Å². The average molecular weight is 469 g/mol. The first-order valence-electron chi connectivity index (χ1n) is 9.44. The van der Waals surface area contributed by atoms with E-state index < -0.39 is 0 Å². The van der Waals surface area contributed by atoms with Gasteiger partial charge < -0.3 is 15.6 Å². The van der Waals surface area contributed by atoms with Gasteiger partial charge in [-0.15, -0.1) is 24.0 Å². The molecule has 1 aromatic heterocycles. The largest absolute Gasteiger partial charge is 0.361 e. The lowest BCUT2D eigenvalue weighted by Gasteiger charge is -2.26. The zero-order chi connectivity index (χ0) is 17.6. The van der Waals surface area contributed by atoms with Crippen molar-refractivity contribution in [2.75, 3.05) is 26.7 Å². The van der Waals surface area contributed by atoms with E-state index in [4.69, 9.17) is 0 Å². The number of aromatic amines is 1. The Morgan fingerprint density at radius 2 is 1.96 bits per heavy atom. The second-order valence-electron chi connectivity index (χ2n) is 7.10. The maximum atomic E-state index is 4.34. The van der Waals surface area contributed by atoms with Gasteiger partial charge in [0.25, 0.3) is 0 Å². The summed E-state index contributed by atoms with van der Waals surface area (Å²) in [6.45, 7) is 7.45. The molecule has 3 N–H and O–H groups in total. The van der Waals surface area contributed by atoms with Gasteiger partial charge in [0.15, 0.2) is 5.96 Å². The number of fused-ring (bicyclic) bond motifs is 1. The van der Waals surface area contributed by atoms with E-state index in [1.807, 2.05) is 7.05 Å². The van der Waals surface area contributed by atoms with Crippen LogP contribution in [0.25, 0.3) is 10.9 Å². The lowest BCUT2D eigenvalue weighted by molar-refractivity contribution is 0.215. The Kier molecular flexibility index (Phi) is 8.21. The van der Waals surface area contributed by atoms with Crippen LogP contribution in [-0.2, 0) is 6.42 Å². The molecule has 0 amide bonds. The van der Waals surface area contributed by atoms with E-state index in [-0.39, 0.29) is 24.0 Å². The topological polar surface area (TPSA) is 55.5 Å². The van der Waals surface area contributed by atoms with E-state index in [2.05, 4.69) is 69.8 Å². The molecule has 1 heterocycles. The fraction of sp³-hybridized carbons (Fsp3) is 0.550. The van der Waals surface area contributed by atoms with Crippen LogP contribution in [0.5, 0.6) is 0 Å². The normalized spacial score (nSPS) is 14.7. The Bertz CT molecular complexity index is 703. The SMILES string of the molecule is CN=C(NCCc1c[nH]c2ccccc12)NCCN(C(C)C)C1CC1.I. The quantitative estimate of drug-likeness (QED) is 0.316. The highest BCUT2D eigenvalue weighted by Crippen LogP contribution is 2.27. The minimum absolute atomic E-state index is 0. The molecular weight excluding hydrogens is 437 g/mol. The van der Waals surface area contributed by atoms with Crippen molar-refractivity contribution in [1.82, 2.24) is 20.5 Å². The predicted octanol–water partition coefficient (Wildman–Crippen LogP) is 3.37. The van der Waals surface area contributed by atoms with Gasteiger partial charge in [0, 0.05) is 55.9 Å². The molecule has 0 bridgehead atoms. The first kappa shape index (κ1) is 21.0. The van der Waals surface area contributed by atoms with Crippen LogP contribution in [0.15, 0.2) is 35.5 Å². The summed E-state index contributed by atoms with van der Waals surface area (Å²) in [4.78, 5) is 10.3. The third-order valence-corrected chi connectivity index (χ3v) is 4.93. The molecule has 2 aromatic rings. The summed E-state index contributed by atoms with van der Waals surface area (Å²) in [7, 11) is 1.84. The number of nitrogens with zero attached hydrogens (tertiary/aromatic N) is 2. The van der Waals surface area contributed by atoms with E-state index in [1.54, 1.807) is 0 Å². The van der Waals surface area contributed by atoms with Crippen LogP contribution in [0.3, 0.4) is 0 Å². The Morgan fingerprint density at radius 3 is 2.65 bits per heavy atom. The average Bonchev–Trinajstić information content (AvgIpc) is 3.37. The van der Waals surface area contributed by atoms with Gasteiger partial charge in [-0.05, 0) is 44.7 Å². The summed E-state index contributed by atoms with van der Waals surface area (Å²) in [5.41, 5.74) is 2.55. The highest BCUT2D eigenvalue weighted by atomic mass is 127. The summed E-state index contributed by atoms with van der Waals surface area (Å²) in [6, 6.07) is 9.87. The number of benzene rings is 1.